The molecule has 4 nitrogen and oxygen atoms in total. The number of alkyl halides is 3. The lowest BCUT2D eigenvalue weighted by atomic mass is 10.2. The molecular weight excluding hydrogens is 211 g/mol. The maximum absolute atomic E-state index is 11.9. The van der Waals surface area contributed by atoms with Gasteiger partial charge in [-0.3, -0.25) is 4.57 Å². The highest BCUT2D eigenvalue weighted by Gasteiger charge is 2.30. The summed E-state index contributed by atoms with van der Waals surface area (Å²) >= 11 is 0. The average molecular weight is 221 g/mol. The Kier molecular flexibility index (Phi) is 3.33. The molecule has 1 aromatic rings. The minimum Gasteiger partial charge on any atom is -0.335 e. The van der Waals surface area contributed by atoms with Gasteiger partial charge in [0.2, 0.25) is 0 Å². The monoisotopic (exact) mass is 221 g/mol. The molecule has 0 aliphatic rings. The van der Waals surface area contributed by atoms with Crippen LogP contribution in [0.2, 0.25) is 0 Å². The van der Waals surface area contributed by atoms with Crippen LogP contribution in [0.3, 0.4) is 0 Å². The third-order valence-corrected chi connectivity index (χ3v) is 1.65. The van der Waals surface area contributed by atoms with Crippen molar-refractivity contribution in [2.75, 3.05) is 0 Å². The maximum atomic E-state index is 11.9. The summed E-state index contributed by atoms with van der Waals surface area (Å²) in [6, 6.07) is -1.58. The van der Waals surface area contributed by atoms with Crippen LogP contribution < -0.4 is 5.32 Å². The number of carbonyl (C=O) groups excluding carboxylic acids is 1. The quantitative estimate of drug-likeness (QED) is 0.827. The first-order valence-corrected chi connectivity index (χ1v) is 4.24. The van der Waals surface area contributed by atoms with Crippen molar-refractivity contribution >= 4 is 6.03 Å². The van der Waals surface area contributed by atoms with E-state index in [1.54, 1.807) is 0 Å². The third-order valence-electron chi connectivity index (χ3n) is 1.65. The Morgan fingerprint density at radius 3 is 2.73 bits per heavy atom. The number of hydrogen-bond acceptors (Lipinski definition) is 2. The molecule has 0 fully saturated rings. The van der Waals surface area contributed by atoms with E-state index < -0.39 is 24.7 Å². The van der Waals surface area contributed by atoms with Crippen LogP contribution in [-0.4, -0.2) is 27.8 Å². The van der Waals surface area contributed by atoms with Crippen molar-refractivity contribution in [1.82, 2.24) is 14.9 Å². The summed E-state index contributed by atoms with van der Waals surface area (Å²) in [6.07, 6.45) is -1.38. The summed E-state index contributed by atoms with van der Waals surface area (Å²) in [6.45, 7) is 1.29. The van der Waals surface area contributed by atoms with Gasteiger partial charge in [0.15, 0.2) is 0 Å². The van der Waals surface area contributed by atoms with Crippen molar-refractivity contribution in [3.05, 3.63) is 18.7 Å². The summed E-state index contributed by atoms with van der Waals surface area (Å²) in [5.74, 6) is 0. The summed E-state index contributed by atoms with van der Waals surface area (Å²) in [5.41, 5.74) is 0. The zero-order chi connectivity index (χ0) is 11.5. The molecule has 84 valence electrons. The lowest BCUT2D eigenvalue weighted by Crippen LogP contribution is -2.38. The number of halogens is 3. The van der Waals surface area contributed by atoms with Crippen LogP contribution in [0.4, 0.5) is 18.0 Å². The van der Waals surface area contributed by atoms with Gasteiger partial charge in [0.1, 0.15) is 6.33 Å². The van der Waals surface area contributed by atoms with Gasteiger partial charge >= 0.3 is 12.2 Å². The Hall–Kier alpha value is -1.53. The fourth-order valence-electron chi connectivity index (χ4n) is 1.06. The molecule has 0 aliphatic carbocycles. The van der Waals surface area contributed by atoms with Gasteiger partial charge in [0.05, 0.1) is 6.42 Å². The van der Waals surface area contributed by atoms with Gasteiger partial charge in [-0.25, -0.2) is 9.78 Å². The molecule has 0 bridgehead atoms. The van der Waals surface area contributed by atoms with E-state index in [4.69, 9.17) is 0 Å². The standard InChI is InChI=1S/C8H10F3N3O/c1-6(4-8(9,10)11)13-7(15)14-3-2-12-5-14/h2-3,5-6H,4H2,1H3,(H,13,15). The van der Waals surface area contributed by atoms with Crippen LogP contribution in [0.15, 0.2) is 18.7 Å². The Labute approximate surface area is 84.1 Å². The van der Waals surface area contributed by atoms with Crippen LogP contribution in [0.1, 0.15) is 13.3 Å². The molecule has 1 atom stereocenters. The SMILES string of the molecule is CC(CC(F)(F)F)NC(=O)n1ccnc1. The van der Waals surface area contributed by atoms with Crippen LogP contribution in [-0.2, 0) is 0 Å². The van der Waals surface area contributed by atoms with Gasteiger partial charge < -0.3 is 5.32 Å². The first kappa shape index (κ1) is 11.5. The second-order valence-corrected chi connectivity index (χ2v) is 3.14. The minimum absolute atomic E-state index is 0.621. The van der Waals surface area contributed by atoms with E-state index in [-0.39, 0.29) is 0 Å². The number of hydrogen-bond donors (Lipinski definition) is 1. The molecule has 0 radical (unpaired) electrons. The van der Waals surface area contributed by atoms with Crippen molar-refractivity contribution in [1.29, 1.82) is 0 Å². The smallest absolute Gasteiger partial charge is 0.335 e. The highest BCUT2D eigenvalue weighted by molar-refractivity contribution is 5.76. The van der Waals surface area contributed by atoms with Gasteiger partial charge in [0.25, 0.3) is 0 Å². The summed E-state index contributed by atoms with van der Waals surface area (Å²) in [7, 11) is 0. The first-order chi connectivity index (χ1) is 6.88. The number of rotatable bonds is 2. The molecule has 0 spiro atoms. The fourth-order valence-corrected chi connectivity index (χ4v) is 1.06. The highest BCUT2D eigenvalue weighted by atomic mass is 19.4. The number of imidazole rings is 1. The van der Waals surface area contributed by atoms with E-state index in [9.17, 15) is 18.0 Å². The minimum atomic E-state index is -4.28. The molecule has 0 aliphatic heterocycles. The van der Waals surface area contributed by atoms with Gasteiger partial charge in [-0.2, -0.15) is 13.2 Å². The fraction of sp³-hybridized carbons (Fsp3) is 0.500. The molecule has 1 aromatic heterocycles. The molecule has 1 amide bonds. The Morgan fingerprint density at radius 2 is 2.27 bits per heavy atom. The van der Waals surface area contributed by atoms with Crippen LogP contribution in [0, 0.1) is 0 Å². The lowest BCUT2D eigenvalue weighted by Gasteiger charge is -2.15. The largest absolute Gasteiger partial charge is 0.391 e. The summed E-state index contributed by atoms with van der Waals surface area (Å²) < 4.78 is 36.9. The van der Waals surface area contributed by atoms with E-state index in [2.05, 4.69) is 10.3 Å². The van der Waals surface area contributed by atoms with E-state index in [1.807, 2.05) is 0 Å². The van der Waals surface area contributed by atoms with Crippen molar-refractivity contribution < 1.29 is 18.0 Å². The molecule has 15 heavy (non-hydrogen) atoms. The summed E-state index contributed by atoms with van der Waals surface area (Å²) in [5, 5.41) is 2.20. The number of nitrogens with zero attached hydrogens (tertiary/aromatic N) is 2. The van der Waals surface area contributed by atoms with Gasteiger partial charge in [-0.05, 0) is 6.92 Å². The average Bonchev–Trinajstić information content (AvgIpc) is 2.50. The predicted molar refractivity (Wildman–Crippen MR) is 46.3 cm³/mol. The zero-order valence-electron chi connectivity index (χ0n) is 7.95. The predicted octanol–water partition coefficient (Wildman–Crippen LogP) is 1.78. The molecule has 1 unspecified atom stereocenters. The second-order valence-electron chi connectivity index (χ2n) is 3.14. The van der Waals surface area contributed by atoms with Crippen LogP contribution >= 0.6 is 0 Å². The van der Waals surface area contributed by atoms with E-state index >= 15 is 0 Å². The van der Waals surface area contributed by atoms with Crippen LogP contribution in [0.25, 0.3) is 0 Å². The Morgan fingerprint density at radius 1 is 1.60 bits per heavy atom. The van der Waals surface area contributed by atoms with Crippen molar-refractivity contribution in [3.8, 4) is 0 Å². The molecule has 0 aromatic carbocycles. The topological polar surface area (TPSA) is 46.9 Å². The second kappa shape index (κ2) is 4.33. The van der Waals surface area contributed by atoms with E-state index in [0.29, 0.717) is 0 Å². The van der Waals surface area contributed by atoms with Crippen molar-refractivity contribution in [2.45, 2.75) is 25.6 Å². The van der Waals surface area contributed by atoms with Gasteiger partial charge in [0, 0.05) is 18.4 Å². The Bertz CT molecular complexity index is 320. The number of aromatic nitrogens is 2. The van der Waals surface area contributed by atoms with Gasteiger partial charge in [-0.15, -0.1) is 0 Å². The molecule has 0 saturated carbocycles. The first-order valence-electron chi connectivity index (χ1n) is 4.24. The van der Waals surface area contributed by atoms with Crippen molar-refractivity contribution in [3.63, 3.8) is 0 Å². The number of amides is 1. The molecule has 1 rings (SSSR count). The molecule has 1 heterocycles. The molecular formula is C8H10F3N3O. The highest BCUT2D eigenvalue weighted by Crippen LogP contribution is 2.21. The van der Waals surface area contributed by atoms with Gasteiger partial charge in [-0.1, -0.05) is 0 Å². The Balaban J connectivity index is 2.45. The lowest BCUT2D eigenvalue weighted by molar-refractivity contribution is -0.138. The maximum Gasteiger partial charge on any atom is 0.391 e. The van der Waals surface area contributed by atoms with E-state index in [1.165, 1.54) is 25.6 Å². The third kappa shape index (κ3) is 4.01. The zero-order valence-corrected chi connectivity index (χ0v) is 7.95. The van der Waals surface area contributed by atoms with Crippen molar-refractivity contribution in [2.24, 2.45) is 0 Å². The molecule has 1 N–H and O–H groups in total. The molecule has 7 heteroatoms. The molecule has 0 saturated heterocycles. The number of carbonyl (C=O) groups is 1. The van der Waals surface area contributed by atoms with Crippen LogP contribution in [0.5, 0.6) is 0 Å². The van der Waals surface area contributed by atoms with E-state index in [0.717, 1.165) is 4.57 Å². The number of nitrogens with one attached hydrogen (secondary N) is 1. The normalized spacial score (nSPS) is 13.6. The summed E-state index contributed by atoms with van der Waals surface area (Å²) in [4.78, 5) is 14.9.